The summed E-state index contributed by atoms with van der Waals surface area (Å²) in [6, 6.07) is 13.5. The molecule has 0 aromatic heterocycles. The number of hydrogen-bond donors (Lipinski definition) is 0. The molecular formula is C29H29F3O3. The summed E-state index contributed by atoms with van der Waals surface area (Å²) < 4.78 is 54.6. The first kappa shape index (κ1) is 25.0. The van der Waals surface area contributed by atoms with Gasteiger partial charge < -0.3 is 9.47 Å². The second-order valence-corrected chi connectivity index (χ2v) is 9.14. The smallest absolute Gasteiger partial charge is 0.343 e. The lowest BCUT2D eigenvalue weighted by Gasteiger charge is -2.27. The number of halogens is 3. The normalized spacial score (nSPS) is 17.9. The van der Waals surface area contributed by atoms with Gasteiger partial charge in [-0.15, -0.1) is 0 Å². The van der Waals surface area contributed by atoms with Crippen molar-refractivity contribution in [2.24, 2.45) is 5.92 Å². The third-order valence-corrected chi connectivity index (χ3v) is 6.69. The maximum absolute atomic E-state index is 15.0. The van der Waals surface area contributed by atoms with Gasteiger partial charge in [-0.05, 0) is 67.0 Å². The Bertz CT molecular complexity index is 1180. The predicted octanol–water partition coefficient (Wildman–Crippen LogP) is 7.82. The van der Waals surface area contributed by atoms with Crippen molar-refractivity contribution in [1.82, 2.24) is 0 Å². The van der Waals surface area contributed by atoms with Crippen LogP contribution < -0.4 is 4.74 Å². The Labute approximate surface area is 203 Å². The van der Waals surface area contributed by atoms with Gasteiger partial charge in [0.25, 0.3) is 0 Å². The van der Waals surface area contributed by atoms with E-state index in [-0.39, 0.29) is 29.4 Å². The third kappa shape index (κ3) is 5.76. The van der Waals surface area contributed by atoms with E-state index in [1.807, 2.05) is 6.92 Å². The van der Waals surface area contributed by atoms with E-state index in [0.29, 0.717) is 29.2 Å². The molecule has 6 heteroatoms. The van der Waals surface area contributed by atoms with Gasteiger partial charge in [0.1, 0.15) is 11.6 Å². The molecule has 3 nitrogen and oxygen atoms in total. The molecule has 0 bridgehead atoms. The van der Waals surface area contributed by atoms with Crippen molar-refractivity contribution in [3.8, 4) is 16.9 Å². The van der Waals surface area contributed by atoms with Gasteiger partial charge in [-0.1, -0.05) is 50.1 Å². The highest BCUT2D eigenvalue weighted by atomic mass is 19.2. The molecule has 0 aliphatic heterocycles. The van der Waals surface area contributed by atoms with Gasteiger partial charge in [0.05, 0.1) is 12.2 Å². The highest BCUT2D eigenvalue weighted by Crippen LogP contribution is 2.38. The van der Waals surface area contributed by atoms with Crippen LogP contribution in [0.4, 0.5) is 13.2 Å². The van der Waals surface area contributed by atoms with Crippen molar-refractivity contribution in [2.45, 2.75) is 52.1 Å². The molecule has 0 radical (unpaired) electrons. The lowest BCUT2D eigenvalue weighted by atomic mass is 9.79. The molecule has 1 fully saturated rings. The quantitative estimate of drug-likeness (QED) is 0.254. The Balaban J connectivity index is 1.46. The third-order valence-electron chi connectivity index (χ3n) is 6.69. The van der Waals surface area contributed by atoms with Crippen LogP contribution in [0.1, 0.15) is 66.9 Å². The maximum atomic E-state index is 15.0. The molecule has 1 aliphatic rings. The molecule has 0 spiro atoms. The van der Waals surface area contributed by atoms with E-state index < -0.39 is 23.4 Å². The van der Waals surface area contributed by atoms with E-state index in [4.69, 9.17) is 9.47 Å². The summed E-state index contributed by atoms with van der Waals surface area (Å²) in [7, 11) is 0. The monoisotopic (exact) mass is 482 g/mol. The minimum absolute atomic E-state index is 0.0506. The number of carbonyl (C=O) groups excluding carboxylic acids is 1. The van der Waals surface area contributed by atoms with Gasteiger partial charge in [-0.3, -0.25) is 0 Å². The van der Waals surface area contributed by atoms with Crippen molar-refractivity contribution in [1.29, 1.82) is 0 Å². The highest BCUT2D eigenvalue weighted by molar-refractivity contribution is 5.91. The van der Waals surface area contributed by atoms with Gasteiger partial charge in [0.15, 0.2) is 11.6 Å². The van der Waals surface area contributed by atoms with Crippen molar-refractivity contribution < 1.29 is 27.4 Å². The summed E-state index contributed by atoms with van der Waals surface area (Å²) in [5.74, 6) is -2.03. The standard InChI is InChI=1S/C29H29F3O3/c1-3-34-17-22-9-8-21(16-26(22)30)29(33)35-23-12-10-20(11-13-23)25-15-14-24(27(31)28(25)32)19-6-4-18(2)5-7-19/h8-16,18-19H,3-7,17H2,1-2H3. The number of rotatable bonds is 7. The number of esters is 1. The molecular weight excluding hydrogens is 453 g/mol. The molecule has 35 heavy (non-hydrogen) atoms. The van der Waals surface area contributed by atoms with Crippen LogP contribution in [0.3, 0.4) is 0 Å². The molecule has 0 N–H and O–H groups in total. The zero-order chi connectivity index (χ0) is 24.9. The Hall–Kier alpha value is -3.12. The zero-order valence-electron chi connectivity index (χ0n) is 20.0. The molecule has 0 amide bonds. The summed E-state index contributed by atoms with van der Waals surface area (Å²) in [5.41, 5.74) is 1.48. The second-order valence-electron chi connectivity index (χ2n) is 9.14. The Kier molecular flexibility index (Phi) is 7.91. The zero-order valence-corrected chi connectivity index (χ0v) is 20.0. The van der Waals surface area contributed by atoms with Crippen LogP contribution in [0.25, 0.3) is 11.1 Å². The molecule has 1 saturated carbocycles. The average Bonchev–Trinajstić information content (AvgIpc) is 2.86. The van der Waals surface area contributed by atoms with Crippen LogP contribution in [0.2, 0.25) is 0 Å². The van der Waals surface area contributed by atoms with E-state index in [0.717, 1.165) is 31.7 Å². The van der Waals surface area contributed by atoms with Crippen molar-refractivity contribution in [3.63, 3.8) is 0 Å². The summed E-state index contributed by atoms with van der Waals surface area (Å²) in [6.07, 6.45) is 3.79. The van der Waals surface area contributed by atoms with E-state index in [1.165, 1.54) is 24.3 Å². The van der Waals surface area contributed by atoms with Gasteiger partial charge in [0.2, 0.25) is 0 Å². The van der Waals surface area contributed by atoms with E-state index >= 15 is 0 Å². The molecule has 4 rings (SSSR count). The van der Waals surface area contributed by atoms with Crippen molar-refractivity contribution >= 4 is 5.97 Å². The first-order valence-corrected chi connectivity index (χ1v) is 12.0. The number of ether oxygens (including phenoxy) is 2. The van der Waals surface area contributed by atoms with Crippen LogP contribution in [-0.4, -0.2) is 12.6 Å². The Morgan fingerprint density at radius 1 is 0.914 bits per heavy atom. The topological polar surface area (TPSA) is 35.5 Å². The van der Waals surface area contributed by atoms with Crippen LogP contribution in [0, 0.1) is 23.4 Å². The Morgan fingerprint density at radius 2 is 1.63 bits per heavy atom. The number of carbonyl (C=O) groups is 1. The van der Waals surface area contributed by atoms with Crippen molar-refractivity contribution in [2.75, 3.05) is 6.61 Å². The molecule has 3 aromatic rings. The summed E-state index contributed by atoms with van der Waals surface area (Å²) >= 11 is 0. The average molecular weight is 483 g/mol. The molecule has 3 aromatic carbocycles. The minimum atomic E-state index is -0.867. The number of hydrogen-bond acceptors (Lipinski definition) is 3. The first-order valence-electron chi connectivity index (χ1n) is 12.0. The van der Waals surface area contributed by atoms with Crippen LogP contribution in [0.15, 0.2) is 54.6 Å². The molecule has 0 unspecified atom stereocenters. The molecule has 0 heterocycles. The highest BCUT2D eigenvalue weighted by Gasteiger charge is 2.25. The predicted molar refractivity (Wildman–Crippen MR) is 129 cm³/mol. The SMILES string of the molecule is CCOCc1ccc(C(=O)Oc2ccc(-c3ccc(C4CCC(C)CC4)c(F)c3F)cc2)cc1F. The summed E-state index contributed by atoms with van der Waals surface area (Å²) in [4.78, 5) is 12.4. The van der Waals surface area contributed by atoms with Crippen LogP contribution >= 0.6 is 0 Å². The Morgan fingerprint density at radius 3 is 2.29 bits per heavy atom. The van der Waals surface area contributed by atoms with Gasteiger partial charge >= 0.3 is 5.97 Å². The fourth-order valence-electron chi connectivity index (χ4n) is 4.55. The van der Waals surface area contributed by atoms with Crippen LogP contribution in [-0.2, 0) is 11.3 Å². The summed E-state index contributed by atoms with van der Waals surface area (Å²) in [6.45, 7) is 4.58. The lowest BCUT2D eigenvalue weighted by molar-refractivity contribution is 0.0734. The molecule has 1 aliphatic carbocycles. The fraction of sp³-hybridized carbons (Fsp3) is 0.345. The summed E-state index contributed by atoms with van der Waals surface area (Å²) in [5, 5.41) is 0. The lowest BCUT2D eigenvalue weighted by Crippen LogP contribution is -2.13. The van der Waals surface area contributed by atoms with Gasteiger partial charge in [-0.25, -0.2) is 18.0 Å². The first-order chi connectivity index (χ1) is 16.9. The number of benzene rings is 3. The second kappa shape index (κ2) is 11.1. The molecule has 184 valence electrons. The van der Waals surface area contributed by atoms with Gasteiger partial charge in [0, 0.05) is 17.7 Å². The maximum Gasteiger partial charge on any atom is 0.343 e. The molecule has 0 saturated heterocycles. The van der Waals surface area contributed by atoms with Crippen LogP contribution in [0.5, 0.6) is 5.75 Å². The largest absolute Gasteiger partial charge is 0.423 e. The van der Waals surface area contributed by atoms with E-state index in [9.17, 15) is 18.0 Å². The fourth-order valence-corrected chi connectivity index (χ4v) is 4.55. The van der Waals surface area contributed by atoms with Crippen molar-refractivity contribution in [3.05, 3.63) is 88.7 Å². The van der Waals surface area contributed by atoms with E-state index in [1.54, 1.807) is 24.3 Å². The van der Waals surface area contributed by atoms with E-state index in [2.05, 4.69) is 6.92 Å². The molecule has 0 atom stereocenters. The van der Waals surface area contributed by atoms with Gasteiger partial charge in [-0.2, -0.15) is 0 Å². The minimum Gasteiger partial charge on any atom is -0.423 e.